The maximum absolute atomic E-state index is 11.9. The normalized spacial score (nSPS) is 10.2. The van der Waals surface area contributed by atoms with Crippen LogP contribution >= 0.6 is 24.8 Å². The van der Waals surface area contributed by atoms with E-state index in [0.29, 0.717) is 25.2 Å². The van der Waals surface area contributed by atoms with Crippen LogP contribution in [-0.4, -0.2) is 27.0 Å². The van der Waals surface area contributed by atoms with E-state index in [4.69, 9.17) is 5.73 Å². The summed E-state index contributed by atoms with van der Waals surface area (Å²) in [6, 6.07) is 1.46. The molecule has 0 aliphatic rings. The molecule has 0 fully saturated rings. The number of carbonyl (C=O) groups excluding carboxylic acids is 1. The summed E-state index contributed by atoms with van der Waals surface area (Å²) in [5, 5.41) is 5.65. The first-order valence-corrected chi connectivity index (χ1v) is 8.07. The summed E-state index contributed by atoms with van der Waals surface area (Å²) in [5.41, 5.74) is 8.50. The largest absolute Gasteiger partial charge is 0.352 e. The minimum atomic E-state index is -0.182. The molecule has 0 radical (unpaired) electrons. The van der Waals surface area contributed by atoms with E-state index in [0.717, 1.165) is 42.6 Å². The first kappa shape index (κ1) is 23.4. The standard InChI is InChI=1S/C16H25N5O2.2ClH/c1-11-13(10-18-15(22)7-5-3-4-6-8-17)12(2)21-14(19-11)9-16(23)20-21;;/h9H,3-8,10,17H2,1-2H3,(H,18,22)(H,20,23);2*1H. The van der Waals surface area contributed by atoms with E-state index in [2.05, 4.69) is 15.4 Å². The number of unbranched alkanes of at least 4 members (excludes halogenated alkanes) is 3. The lowest BCUT2D eigenvalue weighted by molar-refractivity contribution is -0.121. The molecule has 25 heavy (non-hydrogen) atoms. The van der Waals surface area contributed by atoms with Crippen LogP contribution in [0.1, 0.15) is 49.1 Å². The number of amides is 1. The number of aryl methyl sites for hydroxylation is 2. The number of halogens is 2. The van der Waals surface area contributed by atoms with Gasteiger partial charge >= 0.3 is 0 Å². The molecule has 2 heterocycles. The van der Waals surface area contributed by atoms with Gasteiger partial charge in [-0.25, -0.2) is 9.50 Å². The van der Waals surface area contributed by atoms with Gasteiger partial charge in [0.1, 0.15) is 0 Å². The molecule has 2 rings (SSSR count). The Hall–Kier alpha value is -1.57. The maximum Gasteiger partial charge on any atom is 0.266 e. The number of H-pyrrole nitrogens is 1. The van der Waals surface area contributed by atoms with E-state index >= 15 is 0 Å². The fourth-order valence-electron chi connectivity index (χ4n) is 2.67. The van der Waals surface area contributed by atoms with Gasteiger partial charge in [-0.05, 0) is 33.2 Å². The second-order valence-corrected chi connectivity index (χ2v) is 5.80. The lowest BCUT2D eigenvalue weighted by Gasteiger charge is -2.12. The Morgan fingerprint density at radius 2 is 1.92 bits per heavy atom. The zero-order valence-corrected chi connectivity index (χ0v) is 16.3. The molecule has 9 heteroatoms. The number of hydrogen-bond acceptors (Lipinski definition) is 4. The number of nitrogens with two attached hydrogens (primary N) is 1. The van der Waals surface area contributed by atoms with Crippen LogP contribution < -0.4 is 16.6 Å². The number of aromatic nitrogens is 3. The lowest BCUT2D eigenvalue weighted by atomic mass is 10.1. The number of hydrogen-bond donors (Lipinski definition) is 3. The van der Waals surface area contributed by atoms with Crippen molar-refractivity contribution in [2.45, 2.75) is 52.5 Å². The Kier molecular flexibility index (Phi) is 10.4. The molecule has 4 N–H and O–H groups in total. The summed E-state index contributed by atoms with van der Waals surface area (Å²) < 4.78 is 1.66. The third-order valence-electron chi connectivity index (χ3n) is 4.02. The summed E-state index contributed by atoms with van der Waals surface area (Å²) in [4.78, 5) is 27.7. The molecule has 0 saturated heterocycles. The lowest BCUT2D eigenvalue weighted by Crippen LogP contribution is -2.24. The Labute approximate surface area is 159 Å². The molecular weight excluding hydrogens is 365 g/mol. The SMILES string of the molecule is Cc1nc2cc(=O)[nH]n2c(C)c1CNC(=O)CCCCCCN.Cl.Cl. The van der Waals surface area contributed by atoms with Gasteiger partial charge in [-0.1, -0.05) is 12.8 Å². The first-order valence-electron chi connectivity index (χ1n) is 8.07. The van der Waals surface area contributed by atoms with Crippen molar-refractivity contribution in [2.75, 3.05) is 6.54 Å². The van der Waals surface area contributed by atoms with Gasteiger partial charge in [0.2, 0.25) is 5.91 Å². The monoisotopic (exact) mass is 391 g/mol. The number of nitrogens with zero attached hydrogens (tertiary/aromatic N) is 2. The van der Waals surface area contributed by atoms with E-state index in [1.807, 2.05) is 13.8 Å². The minimum absolute atomic E-state index is 0. The Morgan fingerprint density at radius 1 is 1.24 bits per heavy atom. The number of aromatic amines is 1. The van der Waals surface area contributed by atoms with E-state index in [1.165, 1.54) is 6.07 Å². The summed E-state index contributed by atoms with van der Waals surface area (Å²) in [7, 11) is 0. The highest BCUT2D eigenvalue weighted by Crippen LogP contribution is 2.13. The average molecular weight is 392 g/mol. The molecular formula is C16H27Cl2N5O2. The number of fused-ring (bicyclic) bond motifs is 1. The maximum atomic E-state index is 11.9. The quantitative estimate of drug-likeness (QED) is 0.598. The van der Waals surface area contributed by atoms with Crippen LogP contribution in [0.15, 0.2) is 10.9 Å². The molecule has 0 aromatic carbocycles. The van der Waals surface area contributed by atoms with E-state index in [1.54, 1.807) is 4.52 Å². The van der Waals surface area contributed by atoms with Crippen LogP contribution in [0.25, 0.3) is 5.65 Å². The smallest absolute Gasteiger partial charge is 0.266 e. The van der Waals surface area contributed by atoms with Crippen molar-refractivity contribution < 1.29 is 4.79 Å². The van der Waals surface area contributed by atoms with E-state index in [9.17, 15) is 9.59 Å². The number of nitrogens with one attached hydrogen (secondary N) is 2. The molecule has 1 amide bonds. The third kappa shape index (κ3) is 6.34. The average Bonchev–Trinajstić information content (AvgIpc) is 2.87. The molecule has 0 unspecified atom stereocenters. The van der Waals surface area contributed by atoms with Crippen molar-refractivity contribution >= 4 is 36.4 Å². The minimum Gasteiger partial charge on any atom is -0.352 e. The third-order valence-corrected chi connectivity index (χ3v) is 4.02. The summed E-state index contributed by atoms with van der Waals surface area (Å²) in [6.45, 7) is 4.93. The van der Waals surface area contributed by atoms with Crippen molar-refractivity contribution in [1.82, 2.24) is 19.9 Å². The predicted octanol–water partition coefficient (Wildman–Crippen LogP) is 2.01. The number of carbonyl (C=O) groups is 1. The fourth-order valence-corrected chi connectivity index (χ4v) is 2.67. The Morgan fingerprint density at radius 3 is 2.60 bits per heavy atom. The van der Waals surface area contributed by atoms with Crippen LogP contribution in [0.2, 0.25) is 0 Å². The highest BCUT2D eigenvalue weighted by atomic mass is 35.5. The zero-order valence-electron chi connectivity index (χ0n) is 14.6. The van der Waals surface area contributed by atoms with Crippen LogP contribution in [0.4, 0.5) is 0 Å². The van der Waals surface area contributed by atoms with Crippen LogP contribution in [-0.2, 0) is 11.3 Å². The van der Waals surface area contributed by atoms with Crippen molar-refractivity contribution in [3.05, 3.63) is 33.4 Å². The van der Waals surface area contributed by atoms with Crippen molar-refractivity contribution in [1.29, 1.82) is 0 Å². The Balaban J connectivity index is 0.00000288. The fraction of sp³-hybridized carbons (Fsp3) is 0.562. The van der Waals surface area contributed by atoms with Gasteiger partial charge in [-0.15, -0.1) is 24.8 Å². The molecule has 7 nitrogen and oxygen atoms in total. The molecule has 2 aromatic rings. The zero-order chi connectivity index (χ0) is 16.8. The van der Waals surface area contributed by atoms with Gasteiger partial charge in [-0.2, -0.15) is 0 Å². The molecule has 2 aromatic heterocycles. The van der Waals surface area contributed by atoms with Gasteiger partial charge in [0.25, 0.3) is 5.56 Å². The summed E-state index contributed by atoms with van der Waals surface area (Å²) >= 11 is 0. The summed E-state index contributed by atoms with van der Waals surface area (Å²) in [6.07, 6.45) is 4.52. The van der Waals surface area contributed by atoms with Crippen LogP contribution in [0.5, 0.6) is 0 Å². The van der Waals surface area contributed by atoms with Gasteiger partial charge < -0.3 is 11.1 Å². The Bertz CT molecular complexity index is 742. The topological polar surface area (TPSA) is 105 Å². The van der Waals surface area contributed by atoms with Crippen molar-refractivity contribution in [3.8, 4) is 0 Å². The molecule has 0 atom stereocenters. The summed E-state index contributed by atoms with van der Waals surface area (Å²) in [5.74, 6) is 0.0395. The number of rotatable bonds is 8. The molecule has 0 aliphatic heterocycles. The van der Waals surface area contributed by atoms with Gasteiger partial charge in [0.15, 0.2) is 5.65 Å². The van der Waals surface area contributed by atoms with E-state index in [-0.39, 0.29) is 36.3 Å². The molecule has 0 aliphatic carbocycles. The van der Waals surface area contributed by atoms with Gasteiger partial charge in [-0.3, -0.25) is 14.7 Å². The van der Waals surface area contributed by atoms with E-state index < -0.39 is 0 Å². The van der Waals surface area contributed by atoms with Crippen LogP contribution in [0, 0.1) is 13.8 Å². The second kappa shape index (κ2) is 11.1. The highest BCUT2D eigenvalue weighted by molar-refractivity contribution is 5.85. The molecule has 0 spiro atoms. The predicted molar refractivity (Wildman–Crippen MR) is 104 cm³/mol. The molecule has 0 saturated carbocycles. The first-order chi connectivity index (χ1) is 11.0. The molecule has 0 bridgehead atoms. The van der Waals surface area contributed by atoms with Crippen molar-refractivity contribution in [3.63, 3.8) is 0 Å². The van der Waals surface area contributed by atoms with Crippen LogP contribution in [0.3, 0.4) is 0 Å². The molecule has 142 valence electrons. The van der Waals surface area contributed by atoms with Crippen molar-refractivity contribution in [2.24, 2.45) is 5.73 Å². The second-order valence-electron chi connectivity index (χ2n) is 5.80. The van der Waals surface area contributed by atoms with Gasteiger partial charge in [0, 0.05) is 36.0 Å². The van der Waals surface area contributed by atoms with Gasteiger partial charge in [0.05, 0.1) is 0 Å². The highest BCUT2D eigenvalue weighted by Gasteiger charge is 2.11.